The second kappa shape index (κ2) is 9.67. The lowest BCUT2D eigenvalue weighted by atomic mass is 9.85. The highest BCUT2D eigenvalue weighted by molar-refractivity contribution is 5.81. The van der Waals surface area contributed by atoms with E-state index < -0.39 is 5.54 Å². The Bertz CT molecular complexity index is 1330. The van der Waals surface area contributed by atoms with Crippen LogP contribution in [-0.2, 0) is 10.3 Å². The maximum absolute atomic E-state index is 10.1. The first-order valence-corrected chi connectivity index (χ1v) is 12.6. The Balaban J connectivity index is 1.54. The number of oxazole rings is 1. The lowest BCUT2D eigenvalue weighted by Gasteiger charge is -2.25. The molecule has 0 unspecified atom stereocenters. The highest BCUT2D eigenvalue weighted by atomic mass is 16.5. The first kappa shape index (κ1) is 24.5. The van der Waals surface area contributed by atoms with Crippen molar-refractivity contribution in [3.05, 3.63) is 48.2 Å². The molecule has 0 aliphatic heterocycles. The van der Waals surface area contributed by atoms with Crippen LogP contribution in [0.4, 0.5) is 5.95 Å². The summed E-state index contributed by atoms with van der Waals surface area (Å²) in [6, 6.07) is 2.29. The third kappa shape index (κ3) is 4.62. The highest BCUT2D eigenvalue weighted by Gasteiger charge is 2.30. The van der Waals surface area contributed by atoms with Gasteiger partial charge in [-0.2, -0.15) is 5.10 Å². The van der Waals surface area contributed by atoms with Gasteiger partial charge in [0.25, 0.3) is 0 Å². The van der Waals surface area contributed by atoms with Gasteiger partial charge in [-0.05, 0) is 59.4 Å². The molecule has 1 aliphatic carbocycles. The number of nitrogens with zero attached hydrogens (tertiary/aromatic N) is 6. The number of aliphatic hydroxyl groups is 1. The molecule has 10 heteroatoms. The maximum Gasteiger partial charge on any atom is 0.241 e. The van der Waals surface area contributed by atoms with Gasteiger partial charge in [0, 0.05) is 42.1 Å². The fourth-order valence-electron chi connectivity index (χ4n) is 4.99. The highest BCUT2D eigenvalue weighted by Crippen LogP contribution is 2.38. The van der Waals surface area contributed by atoms with Crippen molar-refractivity contribution in [3.8, 4) is 11.1 Å². The minimum atomic E-state index is -0.546. The molecule has 0 aromatic carbocycles. The number of methoxy groups -OCH3 is 1. The number of anilines is 1. The SMILES string of the molecule is COC[C@H](C)Nc1ncc2c(-c3cnn(C(C)(C)c4nc(C)co4)c3)cc(C3CCC(O)CC3)n2n1. The van der Waals surface area contributed by atoms with Crippen LogP contribution in [0.2, 0.25) is 0 Å². The molecule has 1 fully saturated rings. The van der Waals surface area contributed by atoms with Crippen LogP contribution in [0, 0.1) is 6.92 Å². The molecule has 4 aromatic rings. The lowest BCUT2D eigenvalue weighted by molar-refractivity contribution is 0.121. The smallest absolute Gasteiger partial charge is 0.241 e. The van der Waals surface area contributed by atoms with E-state index in [9.17, 15) is 5.11 Å². The summed E-state index contributed by atoms with van der Waals surface area (Å²) in [5.74, 6) is 1.49. The second-order valence-corrected chi connectivity index (χ2v) is 10.4. The Hall–Kier alpha value is -3.24. The van der Waals surface area contributed by atoms with Crippen molar-refractivity contribution in [2.75, 3.05) is 19.0 Å². The fraction of sp³-hybridized carbons (Fsp3) is 0.538. The zero-order valence-corrected chi connectivity index (χ0v) is 21.6. The van der Waals surface area contributed by atoms with E-state index in [1.54, 1.807) is 13.4 Å². The van der Waals surface area contributed by atoms with Crippen LogP contribution in [0.3, 0.4) is 0 Å². The Morgan fingerprint density at radius 1 is 1.25 bits per heavy atom. The molecule has 10 nitrogen and oxygen atoms in total. The van der Waals surface area contributed by atoms with E-state index in [0.29, 0.717) is 24.4 Å². The molecule has 0 bridgehead atoms. The monoisotopic (exact) mass is 493 g/mol. The molecule has 0 amide bonds. The molecule has 5 rings (SSSR count). The topological polar surface area (TPSA) is 116 Å². The number of fused-ring (bicyclic) bond motifs is 1. The van der Waals surface area contributed by atoms with Gasteiger partial charge >= 0.3 is 0 Å². The van der Waals surface area contributed by atoms with E-state index >= 15 is 0 Å². The maximum atomic E-state index is 10.1. The average Bonchev–Trinajstić information content (AvgIpc) is 3.58. The fourth-order valence-corrected chi connectivity index (χ4v) is 4.99. The summed E-state index contributed by atoms with van der Waals surface area (Å²) in [5, 5.41) is 22.9. The van der Waals surface area contributed by atoms with E-state index in [1.165, 1.54) is 0 Å². The summed E-state index contributed by atoms with van der Waals surface area (Å²) in [6.07, 6.45) is 10.7. The van der Waals surface area contributed by atoms with Gasteiger partial charge in [0.1, 0.15) is 11.8 Å². The third-order valence-electron chi connectivity index (χ3n) is 7.06. The predicted molar refractivity (Wildman–Crippen MR) is 136 cm³/mol. The van der Waals surface area contributed by atoms with Gasteiger partial charge in [-0.3, -0.25) is 4.68 Å². The lowest BCUT2D eigenvalue weighted by Crippen LogP contribution is -2.28. The molecule has 4 heterocycles. The first-order valence-electron chi connectivity index (χ1n) is 12.6. The second-order valence-electron chi connectivity index (χ2n) is 10.4. The van der Waals surface area contributed by atoms with E-state index in [1.807, 2.05) is 55.5 Å². The molecular weight excluding hydrogens is 458 g/mol. The van der Waals surface area contributed by atoms with Crippen molar-refractivity contribution in [1.29, 1.82) is 0 Å². The molecule has 1 saturated carbocycles. The number of hydrogen-bond donors (Lipinski definition) is 2. The van der Waals surface area contributed by atoms with Crippen LogP contribution in [0.5, 0.6) is 0 Å². The van der Waals surface area contributed by atoms with Crippen molar-refractivity contribution >= 4 is 11.5 Å². The van der Waals surface area contributed by atoms with E-state index in [4.69, 9.17) is 14.3 Å². The van der Waals surface area contributed by atoms with Crippen molar-refractivity contribution < 1.29 is 14.3 Å². The molecule has 0 saturated heterocycles. The Morgan fingerprint density at radius 3 is 2.72 bits per heavy atom. The summed E-state index contributed by atoms with van der Waals surface area (Å²) < 4.78 is 14.8. The van der Waals surface area contributed by atoms with E-state index in [0.717, 1.165) is 53.7 Å². The molecule has 0 radical (unpaired) electrons. The summed E-state index contributed by atoms with van der Waals surface area (Å²) in [7, 11) is 1.68. The molecule has 4 aromatic heterocycles. The summed E-state index contributed by atoms with van der Waals surface area (Å²) in [5.41, 5.74) is 4.35. The van der Waals surface area contributed by atoms with Crippen LogP contribution in [0.15, 0.2) is 35.3 Å². The number of aromatic nitrogens is 6. The zero-order chi connectivity index (χ0) is 25.4. The predicted octanol–water partition coefficient (Wildman–Crippen LogP) is 4.14. The molecule has 192 valence electrons. The molecular formula is C26H35N7O3. The van der Waals surface area contributed by atoms with Crippen LogP contribution >= 0.6 is 0 Å². The average molecular weight is 494 g/mol. The van der Waals surface area contributed by atoms with Gasteiger partial charge < -0.3 is 19.6 Å². The Morgan fingerprint density at radius 2 is 2.03 bits per heavy atom. The Kier molecular flexibility index (Phi) is 6.57. The van der Waals surface area contributed by atoms with Gasteiger partial charge in [-0.1, -0.05) is 0 Å². The minimum Gasteiger partial charge on any atom is -0.446 e. The van der Waals surface area contributed by atoms with Crippen LogP contribution in [-0.4, -0.2) is 60.3 Å². The summed E-state index contributed by atoms with van der Waals surface area (Å²) >= 11 is 0. The minimum absolute atomic E-state index is 0.0788. The normalized spacial score (nSPS) is 19.6. The number of aryl methyl sites for hydroxylation is 1. The number of nitrogens with one attached hydrogen (secondary N) is 1. The summed E-state index contributed by atoms with van der Waals surface area (Å²) in [4.78, 5) is 9.12. The number of ether oxygens (including phenoxy) is 1. The quantitative estimate of drug-likeness (QED) is 0.376. The summed E-state index contributed by atoms with van der Waals surface area (Å²) in [6.45, 7) is 8.58. The number of rotatable bonds is 8. The van der Waals surface area contributed by atoms with Crippen molar-refractivity contribution in [1.82, 2.24) is 29.4 Å². The Labute approximate surface area is 210 Å². The molecule has 2 N–H and O–H groups in total. The largest absolute Gasteiger partial charge is 0.446 e. The molecule has 1 atom stereocenters. The molecule has 0 spiro atoms. The van der Waals surface area contributed by atoms with Crippen LogP contribution in [0.1, 0.15) is 69.7 Å². The van der Waals surface area contributed by atoms with E-state index in [2.05, 4.69) is 26.4 Å². The van der Waals surface area contributed by atoms with Crippen LogP contribution < -0.4 is 5.32 Å². The van der Waals surface area contributed by atoms with Crippen molar-refractivity contribution in [2.45, 2.75) is 77.0 Å². The van der Waals surface area contributed by atoms with Crippen LogP contribution in [0.25, 0.3) is 16.6 Å². The van der Waals surface area contributed by atoms with Gasteiger partial charge in [0.05, 0.1) is 36.3 Å². The number of aliphatic hydroxyl groups excluding tert-OH is 1. The number of hydrogen-bond acceptors (Lipinski definition) is 8. The first-order chi connectivity index (χ1) is 17.3. The van der Waals surface area contributed by atoms with Crippen molar-refractivity contribution in [2.24, 2.45) is 0 Å². The van der Waals surface area contributed by atoms with Crippen molar-refractivity contribution in [3.63, 3.8) is 0 Å². The van der Waals surface area contributed by atoms with E-state index in [-0.39, 0.29) is 12.1 Å². The van der Waals surface area contributed by atoms with Gasteiger partial charge in [0.15, 0.2) is 0 Å². The van der Waals surface area contributed by atoms with Gasteiger partial charge in [-0.25, -0.2) is 14.5 Å². The molecule has 1 aliphatic rings. The molecule has 36 heavy (non-hydrogen) atoms. The van der Waals surface area contributed by atoms with Gasteiger partial charge in [0.2, 0.25) is 11.8 Å². The zero-order valence-electron chi connectivity index (χ0n) is 21.6. The van der Waals surface area contributed by atoms with Gasteiger partial charge in [-0.15, -0.1) is 5.10 Å². The standard InChI is InChI=1S/C26H35N7O3/c1-16(14-35-5)30-25-27-12-23-21(10-22(33(23)31-25)18-6-8-20(34)9-7-18)19-11-28-32(13-19)26(3,4)24-29-17(2)15-36-24/h10-13,15-16,18,20,34H,6-9,14H2,1-5H3,(H,30,31)/t16-,18?,20?/m0/s1. The third-order valence-corrected chi connectivity index (χ3v) is 7.06.